The number of carbonyl (C=O) groups is 1. The van der Waals surface area contributed by atoms with Crippen LogP contribution in [0, 0.1) is 6.92 Å². The van der Waals surface area contributed by atoms with E-state index in [9.17, 15) is 9.59 Å². The molecule has 0 aliphatic rings. The van der Waals surface area contributed by atoms with E-state index in [1.807, 2.05) is 49.4 Å². The smallest absolute Gasteiger partial charge is 0.295 e. The molecule has 106 valence electrons. The number of hydrogen-bond donors (Lipinski definition) is 0. The molecule has 3 aromatic rings. The highest BCUT2D eigenvalue weighted by atomic mass is 16.2. The molecule has 3 rings (SSSR count). The van der Waals surface area contributed by atoms with Gasteiger partial charge in [-0.1, -0.05) is 35.9 Å². The molecule has 0 amide bonds. The minimum atomic E-state index is -0.169. The summed E-state index contributed by atoms with van der Waals surface area (Å²) in [6.07, 6.45) is 0. The molecule has 1 heterocycles. The molecule has 1 aromatic heterocycles. The predicted octanol–water partition coefficient (Wildman–Crippen LogP) is 2.53. The van der Waals surface area contributed by atoms with Gasteiger partial charge in [-0.05, 0) is 25.1 Å². The molecular formula is C17H16N2O2. The van der Waals surface area contributed by atoms with E-state index in [0.717, 1.165) is 16.6 Å². The van der Waals surface area contributed by atoms with Gasteiger partial charge in [-0.3, -0.25) is 13.9 Å². The van der Waals surface area contributed by atoms with Crippen LogP contribution < -0.4 is 5.69 Å². The quantitative estimate of drug-likeness (QED) is 0.692. The standard InChI is InChI=1S/C17H16N2O2/c1-12-6-5-7-13(10-12)16(20)11-19-15-9-4-3-8-14(15)18(2)17(19)21/h3-10H,11H2,1-2H3. The van der Waals surface area contributed by atoms with Gasteiger partial charge in [0, 0.05) is 12.6 Å². The van der Waals surface area contributed by atoms with Crippen molar-refractivity contribution in [1.82, 2.24) is 9.13 Å². The fourth-order valence-electron chi connectivity index (χ4n) is 2.57. The number of aromatic nitrogens is 2. The van der Waals surface area contributed by atoms with Gasteiger partial charge in [0.2, 0.25) is 0 Å². The summed E-state index contributed by atoms with van der Waals surface area (Å²) in [5.41, 5.74) is 3.11. The number of carbonyl (C=O) groups excluding carboxylic acids is 1. The highest BCUT2D eigenvalue weighted by molar-refractivity contribution is 5.96. The largest absolute Gasteiger partial charge is 0.329 e. The summed E-state index contributed by atoms with van der Waals surface area (Å²) in [5, 5.41) is 0. The molecule has 0 aliphatic carbocycles. The highest BCUT2D eigenvalue weighted by Gasteiger charge is 2.14. The summed E-state index contributed by atoms with van der Waals surface area (Å²) >= 11 is 0. The first kappa shape index (κ1) is 13.4. The van der Waals surface area contributed by atoms with Crippen molar-refractivity contribution < 1.29 is 4.79 Å². The number of ketones is 1. The van der Waals surface area contributed by atoms with Crippen LogP contribution >= 0.6 is 0 Å². The molecule has 0 N–H and O–H groups in total. The summed E-state index contributed by atoms with van der Waals surface area (Å²) in [5.74, 6) is -0.0582. The third-order valence-corrected chi connectivity index (χ3v) is 3.69. The van der Waals surface area contributed by atoms with Gasteiger partial charge in [0.1, 0.15) is 0 Å². The van der Waals surface area contributed by atoms with Crippen molar-refractivity contribution in [2.45, 2.75) is 13.5 Å². The van der Waals surface area contributed by atoms with Crippen LogP contribution in [0.25, 0.3) is 11.0 Å². The first-order valence-electron chi connectivity index (χ1n) is 6.82. The van der Waals surface area contributed by atoms with E-state index in [1.165, 1.54) is 4.57 Å². The van der Waals surface area contributed by atoms with Crippen LogP contribution in [0.3, 0.4) is 0 Å². The third-order valence-electron chi connectivity index (χ3n) is 3.69. The van der Waals surface area contributed by atoms with Gasteiger partial charge in [-0.2, -0.15) is 0 Å². The molecule has 0 bridgehead atoms. The molecule has 0 radical (unpaired) electrons. The number of para-hydroxylation sites is 2. The van der Waals surface area contributed by atoms with E-state index in [4.69, 9.17) is 0 Å². The Morgan fingerprint density at radius 2 is 1.76 bits per heavy atom. The summed E-state index contributed by atoms with van der Waals surface area (Å²) < 4.78 is 3.10. The van der Waals surface area contributed by atoms with Crippen molar-refractivity contribution in [3.63, 3.8) is 0 Å². The van der Waals surface area contributed by atoms with E-state index >= 15 is 0 Å². The second-order valence-corrected chi connectivity index (χ2v) is 5.21. The van der Waals surface area contributed by atoms with E-state index in [2.05, 4.69) is 0 Å². The van der Waals surface area contributed by atoms with Gasteiger partial charge in [-0.25, -0.2) is 4.79 Å². The second kappa shape index (κ2) is 5.05. The molecule has 0 unspecified atom stereocenters. The first-order chi connectivity index (χ1) is 10.1. The minimum Gasteiger partial charge on any atom is -0.295 e. The van der Waals surface area contributed by atoms with Crippen molar-refractivity contribution in [2.24, 2.45) is 7.05 Å². The van der Waals surface area contributed by atoms with Crippen LogP contribution in [-0.4, -0.2) is 14.9 Å². The van der Waals surface area contributed by atoms with Crippen LogP contribution in [0.4, 0.5) is 0 Å². The molecule has 0 spiro atoms. The van der Waals surface area contributed by atoms with Crippen LogP contribution in [0.5, 0.6) is 0 Å². The predicted molar refractivity (Wildman–Crippen MR) is 82.7 cm³/mol. The zero-order chi connectivity index (χ0) is 15.0. The average molecular weight is 280 g/mol. The number of fused-ring (bicyclic) bond motifs is 1. The van der Waals surface area contributed by atoms with E-state index < -0.39 is 0 Å². The zero-order valence-corrected chi connectivity index (χ0v) is 12.0. The monoisotopic (exact) mass is 280 g/mol. The number of Topliss-reactive ketones (excluding diaryl/α,β-unsaturated/α-hetero) is 1. The Labute approximate surface area is 122 Å². The molecule has 4 heteroatoms. The van der Waals surface area contributed by atoms with Crippen LogP contribution in [0.15, 0.2) is 53.3 Å². The summed E-state index contributed by atoms with van der Waals surface area (Å²) in [6.45, 7) is 2.00. The molecular weight excluding hydrogens is 264 g/mol. The van der Waals surface area contributed by atoms with Gasteiger partial charge < -0.3 is 0 Å². The van der Waals surface area contributed by atoms with Gasteiger partial charge >= 0.3 is 5.69 Å². The molecule has 0 aliphatic heterocycles. The minimum absolute atomic E-state index is 0.0582. The molecule has 0 atom stereocenters. The number of imidazole rings is 1. The van der Waals surface area contributed by atoms with Gasteiger partial charge in [0.05, 0.1) is 17.6 Å². The molecule has 0 saturated carbocycles. The lowest BCUT2D eigenvalue weighted by Gasteiger charge is -2.04. The van der Waals surface area contributed by atoms with Crippen molar-refractivity contribution in [3.8, 4) is 0 Å². The number of aryl methyl sites for hydroxylation is 2. The lowest BCUT2D eigenvalue weighted by atomic mass is 10.1. The fourth-order valence-corrected chi connectivity index (χ4v) is 2.57. The number of rotatable bonds is 3. The van der Waals surface area contributed by atoms with Crippen molar-refractivity contribution >= 4 is 16.8 Å². The number of nitrogens with zero attached hydrogens (tertiary/aromatic N) is 2. The Morgan fingerprint density at radius 1 is 1.05 bits per heavy atom. The Balaban J connectivity index is 2.05. The molecule has 2 aromatic carbocycles. The number of benzene rings is 2. The Kier molecular flexibility index (Phi) is 3.22. The van der Waals surface area contributed by atoms with Crippen molar-refractivity contribution in [2.75, 3.05) is 0 Å². The first-order valence-corrected chi connectivity index (χ1v) is 6.82. The molecule has 0 saturated heterocycles. The van der Waals surface area contributed by atoms with Crippen LogP contribution in [0.1, 0.15) is 15.9 Å². The summed E-state index contributed by atoms with van der Waals surface area (Å²) in [7, 11) is 1.72. The van der Waals surface area contributed by atoms with E-state index in [0.29, 0.717) is 5.56 Å². The lowest BCUT2D eigenvalue weighted by Crippen LogP contribution is -2.25. The normalized spacial score (nSPS) is 11.0. The third kappa shape index (κ3) is 2.29. The Morgan fingerprint density at radius 3 is 2.48 bits per heavy atom. The zero-order valence-electron chi connectivity index (χ0n) is 12.0. The molecule has 4 nitrogen and oxygen atoms in total. The van der Waals surface area contributed by atoms with E-state index in [1.54, 1.807) is 17.7 Å². The van der Waals surface area contributed by atoms with Crippen LogP contribution in [-0.2, 0) is 13.6 Å². The topological polar surface area (TPSA) is 44.0 Å². The molecule has 21 heavy (non-hydrogen) atoms. The van der Waals surface area contributed by atoms with E-state index in [-0.39, 0.29) is 18.0 Å². The maximum absolute atomic E-state index is 12.4. The number of hydrogen-bond acceptors (Lipinski definition) is 2. The van der Waals surface area contributed by atoms with Crippen LogP contribution in [0.2, 0.25) is 0 Å². The van der Waals surface area contributed by atoms with Gasteiger partial charge in [-0.15, -0.1) is 0 Å². The highest BCUT2D eigenvalue weighted by Crippen LogP contribution is 2.13. The summed E-state index contributed by atoms with van der Waals surface area (Å²) in [6, 6.07) is 14.9. The SMILES string of the molecule is Cc1cccc(C(=O)Cn2c(=O)n(C)c3ccccc32)c1. The maximum Gasteiger partial charge on any atom is 0.329 e. The lowest BCUT2D eigenvalue weighted by molar-refractivity contribution is 0.0972. The maximum atomic E-state index is 12.4. The second-order valence-electron chi connectivity index (χ2n) is 5.21. The van der Waals surface area contributed by atoms with Gasteiger partial charge in [0.25, 0.3) is 0 Å². The van der Waals surface area contributed by atoms with Crippen molar-refractivity contribution in [1.29, 1.82) is 0 Å². The fraction of sp³-hybridized carbons (Fsp3) is 0.176. The average Bonchev–Trinajstić information content (AvgIpc) is 2.73. The van der Waals surface area contributed by atoms with Crippen molar-refractivity contribution in [3.05, 3.63) is 70.1 Å². The Bertz CT molecular complexity index is 887. The Hall–Kier alpha value is -2.62. The summed E-state index contributed by atoms with van der Waals surface area (Å²) in [4.78, 5) is 24.7. The molecule has 0 fully saturated rings. The van der Waals surface area contributed by atoms with Gasteiger partial charge in [0.15, 0.2) is 5.78 Å².